The highest BCUT2D eigenvalue weighted by atomic mass is 16.4. The van der Waals surface area contributed by atoms with Crippen LogP contribution in [0, 0.1) is 0 Å². The number of rotatable bonds is 3. The zero-order chi connectivity index (χ0) is 16.7. The van der Waals surface area contributed by atoms with Crippen molar-refractivity contribution in [1.82, 2.24) is 14.7 Å². The molecule has 124 valence electrons. The lowest BCUT2D eigenvalue weighted by atomic mass is 9.76. The second-order valence-electron chi connectivity index (χ2n) is 6.53. The van der Waals surface area contributed by atoms with E-state index in [-0.39, 0.29) is 23.4 Å². The zero-order valence-electron chi connectivity index (χ0n) is 13.3. The lowest BCUT2D eigenvalue weighted by molar-refractivity contribution is -0.134. The minimum absolute atomic E-state index is 0.0149. The maximum atomic E-state index is 12.7. The van der Waals surface area contributed by atoms with Crippen LogP contribution < -0.4 is 0 Å². The third kappa shape index (κ3) is 2.48. The quantitative estimate of drug-likeness (QED) is 0.937. The van der Waals surface area contributed by atoms with Crippen LogP contribution in [0.5, 0.6) is 0 Å². The van der Waals surface area contributed by atoms with Crippen molar-refractivity contribution in [3.8, 4) is 0 Å². The molecule has 1 unspecified atom stereocenters. The van der Waals surface area contributed by atoms with Crippen LogP contribution in [-0.2, 0) is 11.2 Å². The number of piperidine rings is 1. The number of fused-ring (bicyclic) bond motifs is 1. The SMILES string of the molecule is O=C(O)c1cnn(C2CCN(C(=O)C3Cc4ccccc43)CC2)c1. The van der Waals surface area contributed by atoms with Gasteiger partial charge in [-0.15, -0.1) is 0 Å². The normalized spacial score (nSPS) is 20.3. The molecular weight excluding hydrogens is 306 g/mol. The Morgan fingerprint density at radius 1 is 1.17 bits per heavy atom. The minimum atomic E-state index is -0.961. The third-order valence-corrected chi connectivity index (χ3v) is 5.15. The summed E-state index contributed by atoms with van der Waals surface area (Å²) in [6.07, 6.45) is 5.41. The second-order valence-corrected chi connectivity index (χ2v) is 6.53. The molecule has 1 saturated heterocycles. The number of benzene rings is 1. The Balaban J connectivity index is 1.38. The van der Waals surface area contributed by atoms with Gasteiger partial charge in [-0.1, -0.05) is 24.3 Å². The fourth-order valence-electron chi connectivity index (χ4n) is 3.70. The minimum Gasteiger partial charge on any atom is -0.478 e. The fourth-order valence-corrected chi connectivity index (χ4v) is 3.70. The van der Waals surface area contributed by atoms with E-state index in [0.29, 0.717) is 13.1 Å². The number of hydrogen-bond donors (Lipinski definition) is 1. The average Bonchev–Trinajstić information content (AvgIpc) is 3.06. The predicted octanol–water partition coefficient (Wildman–Crippen LogP) is 2.08. The molecule has 1 atom stereocenters. The number of amides is 1. The molecule has 1 fully saturated rings. The Labute approximate surface area is 139 Å². The summed E-state index contributed by atoms with van der Waals surface area (Å²) in [5.41, 5.74) is 2.66. The van der Waals surface area contributed by atoms with Crippen LogP contribution in [0.1, 0.15) is 46.3 Å². The van der Waals surface area contributed by atoms with Gasteiger partial charge in [0.05, 0.1) is 23.7 Å². The summed E-state index contributed by atoms with van der Waals surface area (Å²) in [4.78, 5) is 25.6. The van der Waals surface area contributed by atoms with E-state index in [4.69, 9.17) is 5.11 Å². The Bertz CT molecular complexity index is 790. The Kier molecular flexibility index (Phi) is 3.59. The second kappa shape index (κ2) is 5.78. The van der Waals surface area contributed by atoms with Gasteiger partial charge in [-0.25, -0.2) is 4.79 Å². The van der Waals surface area contributed by atoms with Crippen molar-refractivity contribution in [3.05, 3.63) is 53.3 Å². The fraction of sp³-hybridized carbons (Fsp3) is 0.389. The molecule has 6 heteroatoms. The van der Waals surface area contributed by atoms with E-state index in [0.717, 1.165) is 19.3 Å². The molecule has 2 heterocycles. The van der Waals surface area contributed by atoms with Crippen LogP contribution in [0.25, 0.3) is 0 Å². The number of carboxylic acids is 1. The summed E-state index contributed by atoms with van der Waals surface area (Å²) < 4.78 is 1.73. The van der Waals surface area contributed by atoms with E-state index < -0.39 is 5.97 Å². The van der Waals surface area contributed by atoms with Gasteiger partial charge < -0.3 is 10.0 Å². The number of carboxylic acid groups (broad SMARTS) is 1. The summed E-state index contributed by atoms with van der Waals surface area (Å²) in [5.74, 6) is -0.725. The summed E-state index contributed by atoms with van der Waals surface area (Å²) in [6, 6.07) is 8.30. The van der Waals surface area contributed by atoms with Crippen molar-refractivity contribution >= 4 is 11.9 Å². The molecular formula is C18H19N3O3. The van der Waals surface area contributed by atoms with Gasteiger partial charge >= 0.3 is 5.97 Å². The van der Waals surface area contributed by atoms with Crippen LogP contribution in [0.2, 0.25) is 0 Å². The van der Waals surface area contributed by atoms with Gasteiger partial charge in [0.2, 0.25) is 5.91 Å². The number of aromatic nitrogens is 2. The number of carbonyl (C=O) groups excluding carboxylic acids is 1. The highest BCUT2D eigenvalue weighted by Crippen LogP contribution is 2.37. The first kappa shape index (κ1) is 14.9. The first-order chi connectivity index (χ1) is 11.6. The van der Waals surface area contributed by atoms with Gasteiger partial charge in [0, 0.05) is 19.3 Å². The molecule has 24 heavy (non-hydrogen) atoms. The summed E-state index contributed by atoms with van der Waals surface area (Å²) in [6.45, 7) is 1.40. The predicted molar refractivity (Wildman–Crippen MR) is 86.9 cm³/mol. The number of aromatic carboxylic acids is 1. The Hall–Kier alpha value is -2.63. The van der Waals surface area contributed by atoms with Crippen molar-refractivity contribution in [2.45, 2.75) is 31.2 Å². The van der Waals surface area contributed by atoms with E-state index in [9.17, 15) is 9.59 Å². The average molecular weight is 325 g/mol. The largest absolute Gasteiger partial charge is 0.478 e. The van der Waals surface area contributed by atoms with Gasteiger partial charge in [-0.3, -0.25) is 9.48 Å². The molecule has 1 aromatic carbocycles. The number of carbonyl (C=O) groups is 2. The standard InChI is InChI=1S/C18H19N3O3/c22-17(16-9-12-3-1-2-4-15(12)16)20-7-5-14(6-8-20)21-11-13(10-19-21)18(23)24/h1-4,10-11,14,16H,5-9H2,(H,23,24). The molecule has 2 aliphatic rings. The molecule has 1 aliphatic heterocycles. The number of nitrogens with zero attached hydrogens (tertiary/aromatic N) is 3. The van der Waals surface area contributed by atoms with Gasteiger partial charge in [-0.2, -0.15) is 5.10 Å². The number of hydrogen-bond acceptors (Lipinski definition) is 3. The van der Waals surface area contributed by atoms with Crippen LogP contribution >= 0.6 is 0 Å². The first-order valence-corrected chi connectivity index (χ1v) is 8.27. The molecule has 0 spiro atoms. The Morgan fingerprint density at radius 3 is 2.58 bits per heavy atom. The van der Waals surface area contributed by atoms with Crippen LogP contribution in [-0.4, -0.2) is 44.8 Å². The van der Waals surface area contributed by atoms with Crippen LogP contribution in [0.15, 0.2) is 36.7 Å². The molecule has 1 amide bonds. The van der Waals surface area contributed by atoms with E-state index in [2.05, 4.69) is 11.2 Å². The topological polar surface area (TPSA) is 75.4 Å². The van der Waals surface area contributed by atoms with Gasteiger partial charge in [-0.05, 0) is 30.4 Å². The lowest BCUT2D eigenvalue weighted by Crippen LogP contribution is -2.44. The van der Waals surface area contributed by atoms with Gasteiger partial charge in [0.15, 0.2) is 0 Å². The van der Waals surface area contributed by atoms with Crippen LogP contribution in [0.4, 0.5) is 0 Å². The molecule has 1 aromatic heterocycles. The highest BCUT2D eigenvalue weighted by Gasteiger charge is 2.36. The molecule has 0 saturated carbocycles. The summed E-state index contributed by atoms with van der Waals surface area (Å²) in [5, 5.41) is 13.1. The summed E-state index contributed by atoms with van der Waals surface area (Å²) >= 11 is 0. The molecule has 2 aromatic rings. The summed E-state index contributed by atoms with van der Waals surface area (Å²) in [7, 11) is 0. The van der Waals surface area contributed by atoms with E-state index >= 15 is 0 Å². The van der Waals surface area contributed by atoms with E-state index in [1.807, 2.05) is 23.1 Å². The van der Waals surface area contributed by atoms with Crippen molar-refractivity contribution in [3.63, 3.8) is 0 Å². The van der Waals surface area contributed by atoms with Gasteiger partial charge in [0.25, 0.3) is 0 Å². The zero-order valence-corrected chi connectivity index (χ0v) is 13.3. The molecule has 1 N–H and O–H groups in total. The highest BCUT2D eigenvalue weighted by molar-refractivity contribution is 5.87. The molecule has 4 rings (SSSR count). The first-order valence-electron chi connectivity index (χ1n) is 8.27. The van der Waals surface area contributed by atoms with Crippen molar-refractivity contribution in [2.24, 2.45) is 0 Å². The molecule has 0 radical (unpaired) electrons. The van der Waals surface area contributed by atoms with Crippen LogP contribution in [0.3, 0.4) is 0 Å². The van der Waals surface area contributed by atoms with Crippen molar-refractivity contribution in [2.75, 3.05) is 13.1 Å². The van der Waals surface area contributed by atoms with Crippen molar-refractivity contribution < 1.29 is 14.7 Å². The molecule has 6 nitrogen and oxygen atoms in total. The lowest BCUT2D eigenvalue weighted by Gasteiger charge is -2.37. The van der Waals surface area contributed by atoms with Crippen molar-refractivity contribution in [1.29, 1.82) is 0 Å². The maximum Gasteiger partial charge on any atom is 0.338 e. The number of likely N-dealkylation sites (tertiary alicyclic amines) is 1. The Morgan fingerprint density at radius 2 is 1.92 bits per heavy atom. The maximum absolute atomic E-state index is 12.7. The van der Waals surface area contributed by atoms with E-state index in [1.54, 1.807) is 10.9 Å². The smallest absolute Gasteiger partial charge is 0.338 e. The monoisotopic (exact) mass is 325 g/mol. The molecule has 0 bridgehead atoms. The van der Waals surface area contributed by atoms with Gasteiger partial charge in [0.1, 0.15) is 0 Å². The molecule has 1 aliphatic carbocycles. The third-order valence-electron chi connectivity index (χ3n) is 5.15. The van der Waals surface area contributed by atoms with E-state index in [1.165, 1.54) is 17.3 Å².